The second-order valence-electron chi connectivity index (χ2n) is 4.64. The van der Waals surface area contributed by atoms with Gasteiger partial charge in [0.05, 0.1) is 14.2 Å². The van der Waals surface area contributed by atoms with Gasteiger partial charge in [0.25, 0.3) is 0 Å². The fourth-order valence-corrected chi connectivity index (χ4v) is 1.83. The molecule has 0 atom stereocenters. The zero-order valence-electron chi connectivity index (χ0n) is 13.2. The van der Waals surface area contributed by atoms with E-state index in [-0.39, 0.29) is 0 Å². The summed E-state index contributed by atoms with van der Waals surface area (Å²) in [6, 6.07) is 14.8. The minimum absolute atomic E-state index is 0.468. The average molecular weight is 309 g/mol. The average Bonchev–Trinajstić information content (AvgIpc) is 2.61. The maximum Gasteiger partial charge on any atom is 0.658 e. The molecule has 0 N–H and O–H groups in total. The molecule has 5 heteroatoms. The third-order valence-corrected chi connectivity index (χ3v) is 3.20. The molecular weight excluding hydrogens is 291 g/mol. The molecule has 0 amide bonds. The summed E-state index contributed by atoms with van der Waals surface area (Å²) in [6.07, 6.45) is 0. The van der Waals surface area contributed by atoms with E-state index in [1.807, 2.05) is 48.5 Å². The highest BCUT2D eigenvalue weighted by Gasteiger charge is 2.07. The Labute approximate surface area is 137 Å². The predicted molar refractivity (Wildman–Crippen MR) is 92.0 cm³/mol. The molecule has 0 spiro atoms. The molecule has 0 fully saturated rings. The van der Waals surface area contributed by atoms with Crippen molar-refractivity contribution in [3.63, 3.8) is 0 Å². The monoisotopic (exact) mass is 309 g/mol. The van der Waals surface area contributed by atoms with E-state index in [9.17, 15) is 0 Å². The molecule has 23 heavy (non-hydrogen) atoms. The number of rotatable bonds is 8. The summed E-state index contributed by atoms with van der Waals surface area (Å²) in [4.78, 5) is 0. The van der Waals surface area contributed by atoms with E-state index >= 15 is 0 Å². The van der Waals surface area contributed by atoms with Crippen LogP contribution in [0.25, 0.3) is 11.5 Å². The first kappa shape index (κ1) is 16.6. The van der Waals surface area contributed by atoms with Gasteiger partial charge in [-0.25, -0.2) is 0 Å². The van der Waals surface area contributed by atoms with Gasteiger partial charge in [-0.3, -0.25) is 0 Å². The molecule has 0 aromatic heterocycles. The van der Waals surface area contributed by atoms with Crippen LogP contribution >= 0.6 is 0 Å². The maximum atomic E-state index is 5.37. The minimum atomic E-state index is 0.468. The molecule has 1 radical (unpaired) electrons. The second kappa shape index (κ2) is 7.99. The number of hydrogen-bond acceptors (Lipinski definition) is 4. The van der Waals surface area contributed by atoms with Crippen LogP contribution in [-0.4, -0.2) is 21.9 Å². The van der Waals surface area contributed by atoms with Crippen LogP contribution in [0.5, 0.6) is 11.5 Å². The second-order valence-corrected chi connectivity index (χ2v) is 4.64. The number of methoxy groups -OCH3 is 2. The fourth-order valence-electron chi connectivity index (χ4n) is 1.83. The lowest BCUT2D eigenvalue weighted by Crippen LogP contribution is -2.03. The third-order valence-electron chi connectivity index (χ3n) is 3.20. The first-order valence-corrected chi connectivity index (χ1v) is 6.95. The van der Waals surface area contributed by atoms with E-state index in [1.165, 1.54) is 7.69 Å². The van der Waals surface area contributed by atoms with Gasteiger partial charge in [0, 0.05) is 11.1 Å². The Morgan fingerprint density at radius 1 is 0.696 bits per heavy atom. The standard InChI is InChI=1S/C18H18BO4/c1-13(15-5-9-17(20-3)10-6-15)22-19-23-14(2)16-7-11-18(21-4)12-8-16/h5-12H,1-2H2,3-4H3. The summed E-state index contributed by atoms with van der Waals surface area (Å²) in [7, 11) is 4.44. The molecule has 0 aliphatic heterocycles. The molecule has 0 aliphatic carbocycles. The van der Waals surface area contributed by atoms with Gasteiger partial charge in [-0.2, -0.15) is 0 Å². The predicted octanol–water partition coefficient (Wildman–Crippen LogP) is 3.91. The quantitative estimate of drug-likeness (QED) is 0.547. The van der Waals surface area contributed by atoms with Gasteiger partial charge in [-0.15, -0.1) is 0 Å². The van der Waals surface area contributed by atoms with Gasteiger partial charge in [0.1, 0.15) is 23.0 Å². The number of hydrogen-bond donors (Lipinski definition) is 0. The molecule has 2 aromatic rings. The molecule has 2 aromatic carbocycles. The highest BCUT2D eigenvalue weighted by molar-refractivity contribution is 6.22. The lowest BCUT2D eigenvalue weighted by molar-refractivity contribution is 0.410. The lowest BCUT2D eigenvalue weighted by Gasteiger charge is -2.11. The van der Waals surface area contributed by atoms with Crippen LogP contribution in [0.1, 0.15) is 11.1 Å². The smallest absolute Gasteiger partial charge is 0.526 e. The summed E-state index contributed by atoms with van der Waals surface area (Å²) in [5.74, 6) is 2.48. The first-order valence-electron chi connectivity index (χ1n) is 6.95. The summed E-state index contributed by atoms with van der Waals surface area (Å²) >= 11 is 0. The Kier molecular flexibility index (Phi) is 5.75. The van der Waals surface area contributed by atoms with Crippen LogP contribution in [0.3, 0.4) is 0 Å². The Balaban J connectivity index is 1.83. The molecule has 0 saturated carbocycles. The lowest BCUT2D eigenvalue weighted by atomic mass is 10.1. The number of benzene rings is 2. The zero-order chi connectivity index (χ0) is 16.7. The van der Waals surface area contributed by atoms with E-state index in [0.717, 1.165) is 22.6 Å². The number of ether oxygens (including phenoxy) is 2. The van der Waals surface area contributed by atoms with Crippen molar-refractivity contribution in [2.75, 3.05) is 14.2 Å². The van der Waals surface area contributed by atoms with Gasteiger partial charge in [0.15, 0.2) is 0 Å². The molecule has 4 nitrogen and oxygen atoms in total. The highest BCUT2D eigenvalue weighted by atomic mass is 16.6. The van der Waals surface area contributed by atoms with Crippen molar-refractivity contribution in [1.82, 2.24) is 0 Å². The van der Waals surface area contributed by atoms with Crippen LogP contribution in [0.2, 0.25) is 0 Å². The van der Waals surface area contributed by atoms with Crippen LogP contribution in [0.15, 0.2) is 61.7 Å². The molecule has 0 aliphatic rings. The Hall–Kier alpha value is -2.82. The Bertz CT molecular complexity index is 603. The molecular formula is C18H18BO4. The third kappa shape index (κ3) is 4.58. The van der Waals surface area contributed by atoms with Gasteiger partial charge >= 0.3 is 7.69 Å². The molecule has 0 bridgehead atoms. The molecule has 0 saturated heterocycles. The van der Waals surface area contributed by atoms with Crippen LogP contribution in [0, 0.1) is 0 Å². The van der Waals surface area contributed by atoms with E-state index in [0.29, 0.717) is 11.5 Å². The van der Waals surface area contributed by atoms with E-state index in [1.54, 1.807) is 14.2 Å². The Morgan fingerprint density at radius 2 is 1.04 bits per heavy atom. The summed E-state index contributed by atoms with van der Waals surface area (Å²) in [5, 5.41) is 0. The SMILES string of the molecule is C=C(O[B]OC(=C)c1ccc(OC)cc1)c1ccc(OC)cc1. The largest absolute Gasteiger partial charge is 0.658 e. The van der Waals surface area contributed by atoms with E-state index in [4.69, 9.17) is 18.8 Å². The van der Waals surface area contributed by atoms with Crippen molar-refractivity contribution < 1.29 is 18.8 Å². The zero-order valence-corrected chi connectivity index (χ0v) is 13.2. The van der Waals surface area contributed by atoms with Crippen molar-refractivity contribution in [3.8, 4) is 11.5 Å². The summed E-state index contributed by atoms with van der Waals surface area (Å²) in [5.41, 5.74) is 1.67. The maximum absolute atomic E-state index is 5.37. The van der Waals surface area contributed by atoms with E-state index in [2.05, 4.69) is 13.2 Å². The van der Waals surface area contributed by atoms with Crippen LogP contribution in [-0.2, 0) is 9.31 Å². The topological polar surface area (TPSA) is 36.9 Å². The van der Waals surface area contributed by atoms with Crippen LogP contribution in [0.4, 0.5) is 0 Å². The van der Waals surface area contributed by atoms with Crippen molar-refractivity contribution >= 4 is 19.2 Å². The van der Waals surface area contributed by atoms with Gasteiger partial charge in [-0.05, 0) is 48.5 Å². The normalized spacial score (nSPS) is 9.65. The van der Waals surface area contributed by atoms with Gasteiger partial charge in [-0.1, -0.05) is 13.2 Å². The summed E-state index contributed by atoms with van der Waals surface area (Å²) in [6.45, 7) is 7.70. The fraction of sp³-hybridized carbons (Fsp3) is 0.111. The van der Waals surface area contributed by atoms with Crippen molar-refractivity contribution in [2.24, 2.45) is 0 Å². The Morgan fingerprint density at radius 3 is 1.35 bits per heavy atom. The van der Waals surface area contributed by atoms with Gasteiger partial charge in [0.2, 0.25) is 0 Å². The van der Waals surface area contributed by atoms with Crippen molar-refractivity contribution in [2.45, 2.75) is 0 Å². The molecule has 2 rings (SSSR count). The van der Waals surface area contributed by atoms with E-state index < -0.39 is 0 Å². The molecule has 0 unspecified atom stereocenters. The summed E-state index contributed by atoms with van der Waals surface area (Å²) < 4.78 is 20.9. The van der Waals surface area contributed by atoms with Crippen molar-refractivity contribution in [1.29, 1.82) is 0 Å². The molecule has 117 valence electrons. The molecule has 0 heterocycles. The van der Waals surface area contributed by atoms with Gasteiger partial charge < -0.3 is 18.8 Å². The first-order chi connectivity index (χ1) is 11.1. The minimum Gasteiger partial charge on any atom is -0.526 e. The highest BCUT2D eigenvalue weighted by Crippen LogP contribution is 2.20. The van der Waals surface area contributed by atoms with Crippen LogP contribution < -0.4 is 9.47 Å². The van der Waals surface area contributed by atoms with Crippen molar-refractivity contribution in [3.05, 3.63) is 72.8 Å².